The van der Waals surface area contributed by atoms with Gasteiger partial charge in [-0.1, -0.05) is 11.6 Å². The molecule has 2 rings (SSSR count). The second kappa shape index (κ2) is 6.68. The number of nitrogens with two attached hydrogens (primary N) is 1. The molecule has 0 aromatic heterocycles. The Kier molecular flexibility index (Phi) is 4.93. The molecule has 0 atom stereocenters. The third-order valence-corrected chi connectivity index (χ3v) is 3.67. The van der Waals surface area contributed by atoms with Gasteiger partial charge in [0.05, 0.1) is 6.61 Å². The monoisotopic (exact) mass is 297 g/mol. The summed E-state index contributed by atoms with van der Waals surface area (Å²) in [7, 11) is 0. The number of halogens is 2. The van der Waals surface area contributed by atoms with Gasteiger partial charge in [-0.2, -0.15) is 0 Å². The summed E-state index contributed by atoms with van der Waals surface area (Å²) in [4.78, 5) is 0.940. The second-order valence-electron chi connectivity index (χ2n) is 3.83. The van der Waals surface area contributed by atoms with E-state index in [1.165, 1.54) is 12.1 Å². The fraction of sp³-hybridized carbons (Fsp3) is 0.143. The van der Waals surface area contributed by atoms with E-state index in [1.807, 2.05) is 6.07 Å². The van der Waals surface area contributed by atoms with Crippen LogP contribution >= 0.6 is 23.4 Å². The predicted octanol–water partition coefficient (Wildman–Crippen LogP) is 4.23. The second-order valence-corrected chi connectivity index (χ2v) is 5.41. The molecule has 2 nitrogen and oxygen atoms in total. The van der Waals surface area contributed by atoms with Gasteiger partial charge in [0, 0.05) is 21.4 Å². The number of anilines is 1. The van der Waals surface area contributed by atoms with Gasteiger partial charge >= 0.3 is 0 Å². The van der Waals surface area contributed by atoms with Crippen LogP contribution < -0.4 is 10.5 Å². The number of ether oxygens (including phenoxy) is 1. The van der Waals surface area contributed by atoms with E-state index in [-0.39, 0.29) is 5.82 Å². The Labute approximate surface area is 120 Å². The van der Waals surface area contributed by atoms with Crippen molar-refractivity contribution in [3.8, 4) is 5.75 Å². The van der Waals surface area contributed by atoms with Gasteiger partial charge < -0.3 is 10.5 Å². The fourth-order valence-corrected chi connectivity index (χ4v) is 2.54. The van der Waals surface area contributed by atoms with Gasteiger partial charge in [0.2, 0.25) is 0 Å². The SMILES string of the molecule is Nc1ccc(Cl)cc1SCCOc1ccc(F)cc1. The maximum Gasteiger partial charge on any atom is 0.123 e. The molecule has 0 unspecified atom stereocenters. The van der Waals surface area contributed by atoms with Gasteiger partial charge in [0.25, 0.3) is 0 Å². The highest BCUT2D eigenvalue weighted by Crippen LogP contribution is 2.27. The number of rotatable bonds is 5. The molecule has 0 aliphatic heterocycles. The van der Waals surface area contributed by atoms with Crippen LogP contribution in [0.4, 0.5) is 10.1 Å². The lowest BCUT2D eigenvalue weighted by atomic mass is 10.3. The molecule has 100 valence electrons. The molecule has 0 fully saturated rings. The van der Waals surface area contributed by atoms with E-state index in [2.05, 4.69) is 0 Å². The van der Waals surface area contributed by atoms with Crippen molar-refractivity contribution in [2.24, 2.45) is 0 Å². The van der Waals surface area contributed by atoms with Crippen molar-refractivity contribution in [3.05, 3.63) is 53.3 Å². The molecule has 0 spiro atoms. The molecule has 0 saturated heterocycles. The maximum atomic E-state index is 12.7. The van der Waals surface area contributed by atoms with Crippen LogP contribution in [0.5, 0.6) is 5.75 Å². The lowest BCUT2D eigenvalue weighted by molar-refractivity contribution is 0.343. The molecule has 0 aliphatic rings. The van der Waals surface area contributed by atoms with Crippen LogP contribution in [0.3, 0.4) is 0 Å². The first-order valence-corrected chi connectivity index (χ1v) is 7.08. The Bertz CT molecular complexity index is 548. The minimum atomic E-state index is -0.270. The zero-order valence-electron chi connectivity index (χ0n) is 10.1. The van der Waals surface area contributed by atoms with Crippen molar-refractivity contribution in [2.75, 3.05) is 18.1 Å². The predicted molar refractivity (Wildman–Crippen MR) is 78.5 cm³/mol. The van der Waals surface area contributed by atoms with E-state index in [9.17, 15) is 4.39 Å². The van der Waals surface area contributed by atoms with E-state index in [0.717, 1.165) is 10.6 Å². The normalized spacial score (nSPS) is 10.4. The van der Waals surface area contributed by atoms with Crippen LogP contribution in [-0.2, 0) is 0 Å². The summed E-state index contributed by atoms with van der Waals surface area (Å²) in [6, 6.07) is 11.3. The first-order valence-electron chi connectivity index (χ1n) is 5.71. The molecule has 2 aromatic carbocycles. The Hall–Kier alpha value is -1.39. The maximum absolute atomic E-state index is 12.7. The molecule has 0 bridgehead atoms. The van der Waals surface area contributed by atoms with Crippen molar-refractivity contribution >= 4 is 29.1 Å². The Morgan fingerprint density at radius 2 is 1.89 bits per heavy atom. The summed E-state index contributed by atoms with van der Waals surface area (Å²) in [5, 5.41) is 0.663. The topological polar surface area (TPSA) is 35.2 Å². The number of hydrogen-bond donors (Lipinski definition) is 1. The summed E-state index contributed by atoms with van der Waals surface area (Å²) in [5.41, 5.74) is 6.54. The summed E-state index contributed by atoms with van der Waals surface area (Å²) in [6.07, 6.45) is 0. The van der Waals surface area contributed by atoms with Gasteiger partial charge in [-0.15, -0.1) is 11.8 Å². The molecule has 0 heterocycles. The summed E-state index contributed by atoms with van der Waals surface area (Å²) in [6.45, 7) is 0.516. The third-order valence-electron chi connectivity index (χ3n) is 2.40. The smallest absolute Gasteiger partial charge is 0.123 e. The van der Waals surface area contributed by atoms with E-state index in [4.69, 9.17) is 22.1 Å². The minimum Gasteiger partial charge on any atom is -0.493 e. The average Bonchev–Trinajstić information content (AvgIpc) is 2.40. The quantitative estimate of drug-likeness (QED) is 0.509. The molecule has 5 heteroatoms. The van der Waals surface area contributed by atoms with Crippen LogP contribution in [0.1, 0.15) is 0 Å². The molecule has 0 aliphatic carbocycles. The lowest BCUT2D eigenvalue weighted by Gasteiger charge is -2.08. The number of nitrogen functional groups attached to an aromatic ring is 1. The van der Waals surface area contributed by atoms with Crippen molar-refractivity contribution in [1.29, 1.82) is 0 Å². The van der Waals surface area contributed by atoms with Crippen molar-refractivity contribution in [2.45, 2.75) is 4.90 Å². The molecule has 0 amide bonds. The van der Waals surface area contributed by atoms with Crippen LogP contribution in [0.25, 0.3) is 0 Å². The van der Waals surface area contributed by atoms with E-state index < -0.39 is 0 Å². The first-order chi connectivity index (χ1) is 9.15. The minimum absolute atomic E-state index is 0.270. The largest absolute Gasteiger partial charge is 0.493 e. The van der Waals surface area contributed by atoms with E-state index in [1.54, 1.807) is 36.0 Å². The van der Waals surface area contributed by atoms with Gasteiger partial charge in [0.15, 0.2) is 0 Å². The number of hydrogen-bond acceptors (Lipinski definition) is 3. The van der Waals surface area contributed by atoms with E-state index >= 15 is 0 Å². The van der Waals surface area contributed by atoms with Crippen molar-refractivity contribution in [3.63, 3.8) is 0 Å². The number of benzene rings is 2. The zero-order valence-corrected chi connectivity index (χ0v) is 11.7. The highest BCUT2D eigenvalue weighted by atomic mass is 35.5. The Morgan fingerprint density at radius 1 is 1.16 bits per heavy atom. The molecular formula is C14H13ClFNOS. The molecule has 2 aromatic rings. The van der Waals surface area contributed by atoms with Crippen molar-refractivity contribution in [1.82, 2.24) is 0 Å². The molecule has 19 heavy (non-hydrogen) atoms. The van der Waals surface area contributed by atoms with Crippen LogP contribution in [-0.4, -0.2) is 12.4 Å². The standard InChI is InChI=1S/C14H13ClFNOS/c15-10-1-6-13(17)14(9-10)19-8-7-18-12-4-2-11(16)3-5-12/h1-6,9H,7-8,17H2. The lowest BCUT2D eigenvalue weighted by Crippen LogP contribution is -2.00. The molecule has 0 radical (unpaired) electrons. The Balaban J connectivity index is 1.80. The average molecular weight is 298 g/mol. The van der Waals surface area contributed by atoms with Crippen molar-refractivity contribution < 1.29 is 9.13 Å². The summed E-state index contributed by atoms with van der Waals surface area (Å²) in [5.74, 6) is 1.12. The summed E-state index contributed by atoms with van der Waals surface area (Å²) < 4.78 is 18.2. The van der Waals surface area contributed by atoms with Gasteiger partial charge in [-0.3, -0.25) is 0 Å². The van der Waals surface area contributed by atoms with Crippen LogP contribution in [0, 0.1) is 5.82 Å². The first kappa shape index (κ1) is 14.0. The van der Waals surface area contributed by atoms with E-state index in [0.29, 0.717) is 23.1 Å². The highest BCUT2D eigenvalue weighted by molar-refractivity contribution is 7.99. The Morgan fingerprint density at radius 3 is 2.63 bits per heavy atom. The fourth-order valence-electron chi connectivity index (χ4n) is 1.48. The molecule has 2 N–H and O–H groups in total. The van der Waals surface area contributed by atoms with Crippen LogP contribution in [0.2, 0.25) is 5.02 Å². The van der Waals surface area contributed by atoms with Gasteiger partial charge in [-0.05, 0) is 42.5 Å². The van der Waals surface area contributed by atoms with Gasteiger partial charge in [-0.25, -0.2) is 4.39 Å². The zero-order chi connectivity index (χ0) is 13.7. The highest BCUT2D eigenvalue weighted by Gasteiger charge is 2.01. The van der Waals surface area contributed by atoms with Gasteiger partial charge in [0.1, 0.15) is 11.6 Å². The molecule has 0 saturated carbocycles. The number of thioether (sulfide) groups is 1. The third kappa shape index (κ3) is 4.33. The molecular weight excluding hydrogens is 285 g/mol. The van der Waals surface area contributed by atoms with Crippen LogP contribution in [0.15, 0.2) is 47.4 Å². The summed E-state index contributed by atoms with van der Waals surface area (Å²) >= 11 is 7.48.